The first-order chi connectivity index (χ1) is 14.6. The Hall–Kier alpha value is -3.99. The summed E-state index contributed by atoms with van der Waals surface area (Å²) in [6, 6.07) is 7.79. The highest BCUT2D eigenvalue weighted by Crippen LogP contribution is 2.28. The van der Waals surface area contributed by atoms with Gasteiger partial charge in [0.25, 0.3) is 5.91 Å². The molecule has 0 bridgehead atoms. The zero-order valence-corrected chi connectivity index (χ0v) is 16.6. The maximum absolute atomic E-state index is 12.3. The molecule has 0 fully saturated rings. The molecule has 1 aromatic carbocycles. The van der Waals surface area contributed by atoms with Crippen LogP contribution < -0.4 is 10.6 Å². The quantitative estimate of drug-likeness (QED) is 0.512. The summed E-state index contributed by atoms with van der Waals surface area (Å²) in [7, 11) is 1.74. The largest absolute Gasteiger partial charge is 0.330 e. The van der Waals surface area contributed by atoms with Crippen LogP contribution in [-0.4, -0.2) is 42.1 Å². The Bertz CT molecular complexity index is 1280. The molecule has 0 saturated carbocycles. The molecule has 5 rings (SSSR count). The molecule has 2 N–H and O–H groups in total. The first-order valence-electron chi connectivity index (χ1n) is 9.01. The molecule has 1 aliphatic heterocycles. The van der Waals surface area contributed by atoms with Gasteiger partial charge in [0, 0.05) is 31.3 Å². The van der Waals surface area contributed by atoms with Crippen LogP contribution in [0.15, 0.2) is 47.8 Å². The number of rotatable bonds is 5. The Morgan fingerprint density at radius 2 is 2.17 bits per heavy atom. The highest BCUT2D eigenvalue weighted by atomic mass is 32.1. The van der Waals surface area contributed by atoms with Crippen molar-refractivity contribution in [2.24, 2.45) is 12.0 Å². The van der Waals surface area contributed by atoms with Crippen LogP contribution in [0.25, 0.3) is 10.7 Å². The van der Waals surface area contributed by atoms with E-state index in [-0.39, 0.29) is 11.9 Å². The lowest BCUT2D eigenvalue weighted by Gasteiger charge is -2.04. The van der Waals surface area contributed by atoms with Gasteiger partial charge in [-0.3, -0.25) is 19.8 Å². The maximum Gasteiger partial charge on any atom is 0.261 e. The minimum Gasteiger partial charge on any atom is -0.330 e. The first kappa shape index (κ1) is 18.1. The second-order valence-corrected chi connectivity index (χ2v) is 7.52. The van der Waals surface area contributed by atoms with E-state index < -0.39 is 0 Å². The van der Waals surface area contributed by atoms with Gasteiger partial charge in [-0.1, -0.05) is 17.4 Å². The summed E-state index contributed by atoms with van der Waals surface area (Å²) in [5.74, 6) is -0.149. The molecule has 11 heteroatoms. The van der Waals surface area contributed by atoms with Crippen molar-refractivity contribution >= 4 is 40.2 Å². The van der Waals surface area contributed by atoms with Crippen molar-refractivity contribution in [2.75, 3.05) is 10.6 Å². The van der Waals surface area contributed by atoms with Crippen LogP contribution in [0.4, 0.5) is 16.8 Å². The lowest BCUT2D eigenvalue weighted by molar-refractivity contribution is 0.102. The molecule has 0 atom stereocenters. The molecule has 0 aliphatic carbocycles. The van der Waals surface area contributed by atoms with E-state index in [9.17, 15) is 4.79 Å². The SMILES string of the molecule is Cn1cc(C(=O)Nc2nccc(-c3nnc(Nc4ccc5c(c4)C=NC5)s3)n2)cn1. The Morgan fingerprint density at radius 1 is 1.23 bits per heavy atom. The van der Waals surface area contributed by atoms with Gasteiger partial charge in [0.1, 0.15) is 5.69 Å². The smallest absolute Gasteiger partial charge is 0.261 e. The summed E-state index contributed by atoms with van der Waals surface area (Å²) in [6.45, 7) is 0.728. The summed E-state index contributed by atoms with van der Waals surface area (Å²) in [5, 5.41) is 19.5. The van der Waals surface area contributed by atoms with E-state index in [0.717, 1.165) is 17.8 Å². The minimum atomic E-state index is -0.333. The van der Waals surface area contributed by atoms with Crippen LogP contribution in [0.2, 0.25) is 0 Å². The molecule has 4 aromatic rings. The highest BCUT2D eigenvalue weighted by molar-refractivity contribution is 7.18. The molecule has 10 nitrogen and oxygen atoms in total. The molecule has 0 radical (unpaired) electrons. The zero-order valence-electron chi connectivity index (χ0n) is 15.8. The Morgan fingerprint density at radius 3 is 3.03 bits per heavy atom. The fourth-order valence-corrected chi connectivity index (χ4v) is 3.66. The summed E-state index contributed by atoms with van der Waals surface area (Å²) in [5.41, 5.74) is 4.22. The number of carbonyl (C=O) groups is 1. The molecule has 30 heavy (non-hydrogen) atoms. The van der Waals surface area contributed by atoms with E-state index in [1.807, 2.05) is 24.4 Å². The lowest BCUT2D eigenvalue weighted by Crippen LogP contribution is -2.13. The van der Waals surface area contributed by atoms with Gasteiger partial charge in [0.15, 0.2) is 5.01 Å². The van der Waals surface area contributed by atoms with Gasteiger partial charge in [-0.15, -0.1) is 10.2 Å². The lowest BCUT2D eigenvalue weighted by atomic mass is 10.1. The van der Waals surface area contributed by atoms with E-state index in [1.165, 1.54) is 23.1 Å². The normalized spacial score (nSPS) is 12.0. The van der Waals surface area contributed by atoms with Crippen molar-refractivity contribution in [3.05, 3.63) is 59.5 Å². The zero-order chi connectivity index (χ0) is 20.5. The molecular formula is C19H15N9OS. The fourth-order valence-electron chi connectivity index (χ4n) is 2.93. The number of aryl methyl sites for hydroxylation is 1. The molecule has 0 spiro atoms. The molecule has 1 amide bonds. The average Bonchev–Trinajstić information content (AvgIpc) is 3.49. The molecule has 0 saturated heterocycles. The maximum atomic E-state index is 12.3. The number of benzene rings is 1. The minimum absolute atomic E-state index is 0.184. The predicted octanol–water partition coefficient (Wildman–Crippen LogP) is 2.66. The van der Waals surface area contributed by atoms with E-state index in [0.29, 0.717) is 21.4 Å². The van der Waals surface area contributed by atoms with E-state index in [4.69, 9.17) is 0 Å². The number of hydrogen-bond acceptors (Lipinski definition) is 9. The van der Waals surface area contributed by atoms with Gasteiger partial charge < -0.3 is 5.32 Å². The second kappa shape index (κ2) is 7.44. The van der Waals surface area contributed by atoms with Crippen molar-refractivity contribution in [2.45, 2.75) is 6.54 Å². The standard InChI is InChI=1S/C19H15N9OS/c1-28-10-13(9-22-28)16(29)25-18-21-5-4-15(24-18)17-26-27-19(30-17)23-14-3-2-11-7-20-8-12(11)6-14/h2-6,8-10H,7H2,1H3,(H,23,27)(H,21,24,25,29). The summed E-state index contributed by atoms with van der Waals surface area (Å²) in [4.78, 5) is 25.0. The van der Waals surface area contributed by atoms with Gasteiger partial charge in [0.2, 0.25) is 11.1 Å². The summed E-state index contributed by atoms with van der Waals surface area (Å²) >= 11 is 1.36. The third-order valence-electron chi connectivity index (χ3n) is 4.38. The number of fused-ring (bicyclic) bond motifs is 1. The number of aromatic nitrogens is 6. The van der Waals surface area contributed by atoms with Crippen molar-refractivity contribution in [3.8, 4) is 10.7 Å². The van der Waals surface area contributed by atoms with Crippen molar-refractivity contribution in [3.63, 3.8) is 0 Å². The molecule has 148 valence electrons. The Kier molecular flexibility index (Phi) is 4.48. The third-order valence-corrected chi connectivity index (χ3v) is 5.24. The van der Waals surface area contributed by atoms with Crippen LogP contribution >= 0.6 is 11.3 Å². The van der Waals surface area contributed by atoms with Crippen LogP contribution in [0.1, 0.15) is 21.5 Å². The van der Waals surface area contributed by atoms with Gasteiger partial charge in [0.05, 0.1) is 18.3 Å². The van der Waals surface area contributed by atoms with Crippen molar-refractivity contribution in [1.82, 2.24) is 29.9 Å². The third kappa shape index (κ3) is 3.65. The summed E-state index contributed by atoms with van der Waals surface area (Å²) < 4.78 is 1.55. The van der Waals surface area contributed by atoms with Crippen LogP contribution in [0.3, 0.4) is 0 Å². The molecule has 4 heterocycles. The fraction of sp³-hybridized carbons (Fsp3) is 0.105. The molecule has 1 aliphatic rings. The number of nitrogens with one attached hydrogen (secondary N) is 2. The van der Waals surface area contributed by atoms with E-state index >= 15 is 0 Å². The number of anilines is 3. The average molecular weight is 417 g/mol. The molecular weight excluding hydrogens is 402 g/mol. The predicted molar refractivity (Wildman–Crippen MR) is 113 cm³/mol. The number of carbonyl (C=O) groups excluding carboxylic acids is 1. The Balaban J connectivity index is 1.32. The van der Waals surface area contributed by atoms with E-state index in [1.54, 1.807) is 30.2 Å². The van der Waals surface area contributed by atoms with Crippen LogP contribution in [-0.2, 0) is 13.6 Å². The van der Waals surface area contributed by atoms with Gasteiger partial charge in [-0.25, -0.2) is 9.97 Å². The van der Waals surface area contributed by atoms with Gasteiger partial charge >= 0.3 is 0 Å². The number of nitrogens with zero attached hydrogens (tertiary/aromatic N) is 7. The van der Waals surface area contributed by atoms with E-state index in [2.05, 4.69) is 40.9 Å². The Labute approximate surface area is 174 Å². The van der Waals surface area contributed by atoms with Crippen molar-refractivity contribution in [1.29, 1.82) is 0 Å². The molecule has 0 unspecified atom stereocenters. The van der Waals surface area contributed by atoms with Crippen LogP contribution in [0, 0.1) is 0 Å². The number of amides is 1. The number of aliphatic imine (C=N–C) groups is 1. The summed E-state index contributed by atoms with van der Waals surface area (Å²) in [6.07, 6.45) is 6.53. The first-order valence-corrected chi connectivity index (χ1v) is 9.82. The highest BCUT2D eigenvalue weighted by Gasteiger charge is 2.13. The topological polar surface area (TPSA) is 123 Å². The molecule has 3 aromatic heterocycles. The van der Waals surface area contributed by atoms with Crippen LogP contribution in [0.5, 0.6) is 0 Å². The monoisotopic (exact) mass is 417 g/mol. The second-order valence-electron chi connectivity index (χ2n) is 6.54. The van der Waals surface area contributed by atoms with Gasteiger partial charge in [-0.2, -0.15) is 5.10 Å². The number of hydrogen-bond donors (Lipinski definition) is 2. The van der Waals surface area contributed by atoms with Crippen molar-refractivity contribution < 1.29 is 4.79 Å². The van der Waals surface area contributed by atoms with Gasteiger partial charge in [-0.05, 0) is 29.3 Å².